The normalized spacial score (nSPS) is 18.4. The number of carbonyl (C=O) groups is 1. The predicted molar refractivity (Wildman–Crippen MR) is 75.3 cm³/mol. The van der Waals surface area contributed by atoms with Crippen molar-refractivity contribution < 1.29 is 14.6 Å². The van der Waals surface area contributed by atoms with Gasteiger partial charge in [0.2, 0.25) is 0 Å². The third-order valence-corrected chi connectivity index (χ3v) is 3.39. The van der Waals surface area contributed by atoms with Crippen LogP contribution in [0.2, 0.25) is 0 Å². The van der Waals surface area contributed by atoms with Gasteiger partial charge in [0.1, 0.15) is 0 Å². The number of morpholine rings is 1. The van der Waals surface area contributed by atoms with Gasteiger partial charge in [-0.15, -0.1) is 6.58 Å². The van der Waals surface area contributed by atoms with E-state index in [1.807, 2.05) is 6.08 Å². The maximum Gasteiger partial charge on any atom is 0.307 e. The van der Waals surface area contributed by atoms with Crippen molar-refractivity contribution in [2.45, 2.75) is 13.3 Å². The van der Waals surface area contributed by atoms with Crippen LogP contribution < -0.4 is 0 Å². The largest absolute Gasteiger partial charge is 0.481 e. The van der Waals surface area contributed by atoms with E-state index < -0.39 is 5.97 Å². The summed E-state index contributed by atoms with van der Waals surface area (Å²) in [5.41, 5.74) is 0. The Labute approximate surface area is 115 Å². The molecule has 0 aromatic heterocycles. The summed E-state index contributed by atoms with van der Waals surface area (Å²) in [5, 5.41) is 8.95. The van der Waals surface area contributed by atoms with Gasteiger partial charge in [0.25, 0.3) is 0 Å². The van der Waals surface area contributed by atoms with Crippen LogP contribution in [0, 0.1) is 5.92 Å². The van der Waals surface area contributed by atoms with Gasteiger partial charge < -0.3 is 9.84 Å². The zero-order valence-electron chi connectivity index (χ0n) is 11.9. The van der Waals surface area contributed by atoms with Gasteiger partial charge in [-0.25, -0.2) is 0 Å². The number of carboxylic acids is 1. The highest BCUT2D eigenvalue weighted by molar-refractivity contribution is 5.69. The fraction of sp³-hybridized carbons (Fsp3) is 0.786. The minimum absolute atomic E-state index is 0.330. The highest BCUT2D eigenvalue weighted by Gasteiger charge is 2.16. The van der Waals surface area contributed by atoms with Crippen LogP contribution in [0.3, 0.4) is 0 Å². The van der Waals surface area contributed by atoms with Gasteiger partial charge in [0.05, 0.1) is 19.1 Å². The number of aliphatic carboxylic acids is 1. The van der Waals surface area contributed by atoms with Crippen LogP contribution in [0.4, 0.5) is 0 Å². The monoisotopic (exact) mass is 270 g/mol. The minimum atomic E-state index is -0.734. The van der Waals surface area contributed by atoms with Crippen molar-refractivity contribution in [2.24, 2.45) is 5.92 Å². The summed E-state index contributed by atoms with van der Waals surface area (Å²) in [4.78, 5) is 15.4. The number of hydrogen-bond donors (Lipinski definition) is 1. The van der Waals surface area contributed by atoms with Crippen LogP contribution in [0.1, 0.15) is 13.3 Å². The van der Waals surface area contributed by atoms with Crippen LogP contribution in [0.25, 0.3) is 0 Å². The van der Waals surface area contributed by atoms with E-state index in [4.69, 9.17) is 9.84 Å². The third-order valence-electron chi connectivity index (χ3n) is 3.39. The molecule has 0 radical (unpaired) electrons. The first kappa shape index (κ1) is 16.1. The SMILES string of the molecule is C=CCN(CCCN1CCOCC1)CC(C)C(=O)O. The summed E-state index contributed by atoms with van der Waals surface area (Å²) in [6, 6.07) is 0. The molecule has 5 nitrogen and oxygen atoms in total. The van der Waals surface area contributed by atoms with Crippen molar-refractivity contribution in [1.29, 1.82) is 0 Å². The fourth-order valence-electron chi connectivity index (χ4n) is 2.25. The summed E-state index contributed by atoms with van der Waals surface area (Å²) in [6.07, 6.45) is 2.89. The van der Waals surface area contributed by atoms with Gasteiger partial charge in [-0.1, -0.05) is 13.0 Å². The number of carboxylic acid groups (broad SMARTS) is 1. The Morgan fingerprint density at radius 2 is 2.21 bits per heavy atom. The molecule has 0 aromatic rings. The van der Waals surface area contributed by atoms with E-state index in [-0.39, 0.29) is 5.92 Å². The molecule has 110 valence electrons. The van der Waals surface area contributed by atoms with E-state index in [9.17, 15) is 4.79 Å². The molecule has 0 aromatic carbocycles. The van der Waals surface area contributed by atoms with Crippen LogP contribution in [-0.4, -0.2) is 73.4 Å². The van der Waals surface area contributed by atoms with E-state index in [0.717, 1.165) is 52.4 Å². The molecule has 1 aliphatic rings. The molecule has 0 bridgehead atoms. The Bertz CT molecular complexity index is 278. The van der Waals surface area contributed by atoms with Crippen molar-refractivity contribution in [2.75, 3.05) is 52.5 Å². The molecule has 0 amide bonds. The summed E-state index contributed by atoms with van der Waals surface area (Å²) in [6.45, 7) is 12.5. The van der Waals surface area contributed by atoms with Gasteiger partial charge in [-0.2, -0.15) is 0 Å². The van der Waals surface area contributed by atoms with Crippen molar-refractivity contribution in [1.82, 2.24) is 9.80 Å². The van der Waals surface area contributed by atoms with Gasteiger partial charge in [-0.05, 0) is 19.5 Å². The average molecular weight is 270 g/mol. The Morgan fingerprint density at radius 1 is 1.53 bits per heavy atom. The zero-order chi connectivity index (χ0) is 14.1. The molecular weight excluding hydrogens is 244 g/mol. The van der Waals surface area contributed by atoms with E-state index >= 15 is 0 Å². The molecule has 1 N–H and O–H groups in total. The van der Waals surface area contributed by atoms with Crippen LogP contribution in [0.15, 0.2) is 12.7 Å². The summed E-state index contributed by atoms with van der Waals surface area (Å²) in [7, 11) is 0. The highest BCUT2D eigenvalue weighted by Crippen LogP contribution is 2.04. The molecule has 1 unspecified atom stereocenters. The number of rotatable bonds is 9. The van der Waals surface area contributed by atoms with Crippen LogP contribution >= 0.6 is 0 Å². The maximum atomic E-state index is 10.9. The second-order valence-electron chi connectivity index (χ2n) is 5.10. The van der Waals surface area contributed by atoms with Crippen LogP contribution in [0.5, 0.6) is 0 Å². The van der Waals surface area contributed by atoms with Crippen molar-refractivity contribution in [3.8, 4) is 0 Å². The Balaban J connectivity index is 2.24. The van der Waals surface area contributed by atoms with E-state index in [1.165, 1.54) is 0 Å². The fourth-order valence-corrected chi connectivity index (χ4v) is 2.25. The second-order valence-corrected chi connectivity index (χ2v) is 5.10. The minimum Gasteiger partial charge on any atom is -0.481 e. The lowest BCUT2D eigenvalue weighted by atomic mass is 10.1. The van der Waals surface area contributed by atoms with Gasteiger partial charge in [0, 0.05) is 26.2 Å². The molecule has 19 heavy (non-hydrogen) atoms. The van der Waals surface area contributed by atoms with E-state index in [1.54, 1.807) is 6.92 Å². The predicted octanol–water partition coefficient (Wildman–Crippen LogP) is 0.917. The van der Waals surface area contributed by atoms with Gasteiger partial charge >= 0.3 is 5.97 Å². The standard InChI is InChI=1S/C14H26N2O3/c1-3-5-16(12-13(2)14(17)18)7-4-6-15-8-10-19-11-9-15/h3,13H,1,4-12H2,2H3,(H,17,18). The highest BCUT2D eigenvalue weighted by atomic mass is 16.5. The van der Waals surface area contributed by atoms with Gasteiger partial charge in [-0.3, -0.25) is 14.6 Å². The summed E-state index contributed by atoms with van der Waals surface area (Å²) in [5.74, 6) is -1.06. The molecule has 1 heterocycles. The van der Waals surface area contributed by atoms with Crippen molar-refractivity contribution in [3.05, 3.63) is 12.7 Å². The first-order valence-corrected chi connectivity index (χ1v) is 6.99. The third kappa shape index (κ3) is 6.71. The zero-order valence-corrected chi connectivity index (χ0v) is 11.9. The molecule has 0 aliphatic carbocycles. The Hall–Kier alpha value is -0.910. The number of nitrogens with zero attached hydrogens (tertiary/aromatic N) is 2. The number of ether oxygens (including phenoxy) is 1. The summed E-state index contributed by atoms with van der Waals surface area (Å²) >= 11 is 0. The van der Waals surface area contributed by atoms with Crippen molar-refractivity contribution >= 4 is 5.97 Å². The van der Waals surface area contributed by atoms with Crippen molar-refractivity contribution in [3.63, 3.8) is 0 Å². The molecule has 1 rings (SSSR count). The van der Waals surface area contributed by atoms with Crippen LogP contribution in [-0.2, 0) is 9.53 Å². The molecule has 0 spiro atoms. The molecule has 0 saturated carbocycles. The Kier molecular flexibility index (Phi) is 7.70. The van der Waals surface area contributed by atoms with Gasteiger partial charge in [0.15, 0.2) is 0 Å². The first-order chi connectivity index (χ1) is 9.13. The lowest BCUT2D eigenvalue weighted by Crippen LogP contribution is -2.39. The first-order valence-electron chi connectivity index (χ1n) is 6.99. The molecule has 1 fully saturated rings. The van der Waals surface area contributed by atoms with E-state index in [2.05, 4.69) is 16.4 Å². The lowest BCUT2D eigenvalue weighted by Gasteiger charge is -2.28. The molecule has 5 heteroatoms. The average Bonchev–Trinajstić information content (AvgIpc) is 2.40. The second kappa shape index (κ2) is 9.07. The molecule has 1 atom stereocenters. The quantitative estimate of drug-likeness (QED) is 0.631. The lowest BCUT2D eigenvalue weighted by molar-refractivity contribution is -0.141. The van der Waals surface area contributed by atoms with E-state index in [0.29, 0.717) is 6.54 Å². The Morgan fingerprint density at radius 3 is 2.79 bits per heavy atom. The molecule has 1 saturated heterocycles. The molecular formula is C14H26N2O3. The topological polar surface area (TPSA) is 53.0 Å². The number of hydrogen-bond acceptors (Lipinski definition) is 4. The smallest absolute Gasteiger partial charge is 0.307 e. The summed E-state index contributed by atoms with van der Waals surface area (Å²) < 4.78 is 5.31. The molecule has 1 aliphatic heterocycles. The maximum absolute atomic E-state index is 10.9.